The fourth-order valence-corrected chi connectivity index (χ4v) is 4.85. The van der Waals surface area contributed by atoms with Crippen LogP contribution < -0.4 is 24.7 Å². The molecule has 0 amide bonds. The third kappa shape index (κ3) is 7.51. The first kappa shape index (κ1) is 31.5. The first-order valence-electron chi connectivity index (χ1n) is 12.4. The molecular formula is C29H24Cl2F3N3O6. The highest BCUT2D eigenvalue weighted by molar-refractivity contribution is 6.38. The van der Waals surface area contributed by atoms with Crippen molar-refractivity contribution in [3.8, 4) is 22.9 Å². The number of carbonyl (C=O) groups excluding carboxylic acids is 1. The van der Waals surface area contributed by atoms with Crippen LogP contribution in [-0.2, 0) is 17.8 Å². The summed E-state index contributed by atoms with van der Waals surface area (Å²) in [6, 6.07) is 16.0. The summed E-state index contributed by atoms with van der Waals surface area (Å²) in [5, 5.41) is -0.708. The maximum absolute atomic E-state index is 13.8. The van der Waals surface area contributed by atoms with Crippen LogP contribution in [-0.4, -0.2) is 43.2 Å². The zero-order valence-electron chi connectivity index (χ0n) is 22.9. The second-order valence-electron chi connectivity index (χ2n) is 8.95. The average molecular weight is 638 g/mol. The van der Waals surface area contributed by atoms with Crippen LogP contribution in [0, 0.1) is 0 Å². The van der Waals surface area contributed by atoms with E-state index in [2.05, 4.69) is 9.72 Å². The summed E-state index contributed by atoms with van der Waals surface area (Å²) in [5.41, 5.74) is 0.0446. The van der Waals surface area contributed by atoms with Gasteiger partial charge in [-0.15, -0.1) is 13.2 Å². The van der Waals surface area contributed by atoms with E-state index in [9.17, 15) is 22.8 Å². The van der Waals surface area contributed by atoms with Crippen LogP contribution in [0.2, 0.25) is 10.0 Å². The van der Waals surface area contributed by atoms with E-state index in [1.807, 2.05) is 24.3 Å². The molecule has 0 fully saturated rings. The molecule has 0 radical (unpaired) electrons. The summed E-state index contributed by atoms with van der Waals surface area (Å²) in [7, 11) is 4.19. The molecule has 0 saturated carbocycles. The van der Waals surface area contributed by atoms with Crippen LogP contribution >= 0.6 is 23.2 Å². The molecule has 9 nitrogen and oxygen atoms in total. The van der Waals surface area contributed by atoms with Gasteiger partial charge in [-0.2, -0.15) is 0 Å². The quantitative estimate of drug-likeness (QED) is 0.183. The maximum atomic E-state index is 13.8. The number of rotatable bonds is 10. The van der Waals surface area contributed by atoms with Gasteiger partial charge in [0.15, 0.2) is 11.4 Å². The van der Waals surface area contributed by atoms with Crippen LogP contribution in [0.15, 0.2) is 71.8 Å². The fraction of sp³-hybridized carbons (Fsp3) is 0.207. The minimum absolute atomic E-state index is 0.0102. The van der Waals surface area contributed by atoms with E-state index >= 15 is 0 Å². The zero-order chi connectivity index (χ0) is 31.3. The van der Waals surface area contributed by atoms with Crippen molar-refractivity contribution < 1.29 is 36.9 Å². The number of carbonyl (C=O) groups is 1. The molecule has 0 aliphatic rings. The number of ether oxygens (including phenoxy) is 4. The Morgan fingerprint density at radius 3 is 1.77 bits per heavy atom. The molecule has 0 spiro atoms. The lowest BCUT2D eigenvalue weighted by Gasteiger charge is -2.26. The molecule has 0 bridgehead atoms. The highest BCUT2D eigenvalue weighted by atomic mass is 35.5. The number of esters is 1. The number of halogens is 5. The molecule has 0 N–H and O–H groups in total. The summed E-state index contributed by atoms with van der Waals surface area (Å²) in [6.45, 7) is 0.420. The largest absolute Gasteiger partial charge is 0.573 e. The van der Waals surface area contributed by atoms with Crippen LogP contribution in [0.25, 0.3) is 5.69 Å². The van der Waals surface area contributed by atoms with E-state index in [-0.39, 0.29) is 34.6 Å². The summed E-state index contributed by atoms with van der Waals surface area (Å²) >= 11 is 12.5. The van der Waals surface area contributed by atoms with Crippen molar-refractivity contribution >= 4 is 35.0 Å². The fourth-order valence-electron chi connectivity index (χ4n) is 4.20. The van der Waals surface area contributed by atoms with Crippen LogP contribution in [0.4, 0.5) is 19.0 Å². The number of benzene rings is 3. The molecule has 1 heterocycles. The van der Waals surface area contributed by atoms with Crippen molar-refractivity contribution in [3.05, 3.63) is 104 Å². The number of methoxy groups -OCH3 is 3. The molecular weight excluding hydrogens is 614 g/mol. The average Bonchev–Trinajstić information content (AvgIpc) is 2.96. The lowest BCUT2D eigenvalue weighted by molar-refractivity contribution is -0.274. The normalized spacial score (nSPS) is 11.2. The summed E-state index contributed by atoms with van der Waals surface area (Å²) in [5.74, 6) is -0.421. The third-order valence-electron chi connectivity index (χ3n) is 6.17. The van der Waals surface area contributed by atoms with Gasteiger partial charge in [-0.25, -0.2) is 9.78 Å². The van der Waals surface area contributed by atoms with Crippen molar-refractivity contribution in [1.29, 1.82) is 0 Å². The molecule has 0 aliphatic carbocycles. The van der Waals surface area contributed by atoms with Gasteiger partial charge >= 0.3 is 12.3 Å². The topological polar surface area (TPSA) is 92.1 Å². The van der Waals surface area contributed by atoms with Crippen molar-refractivity contribution in [2.45, 2.75) is 19.5 Å². The summed E-state index contributed by atoms with van der Waals surface area (Å²) < 4.78 is 58.4. The number of anilines is 1. The van der Waals surface area contributed by atoms with Gasteiger partial charge in [-0.3, -0.25) is 9.36 Å². The molecule has 0 aliphatic heterocycles. The molecule has 1 aromatic heterocycles. The number of hydrogen-bond donors (Lipinski definition) is 0. The highest BCUT2D eigenvalue weighted by Crippen LogP contribution is 2.35. The predicted octanol–water partition coefficient (Wildman–Crippen LogP) is 6.45. The highest BCUT2D eigenvalue weighted by Gasteiger charge is 2.32. The molecule has 0 atom stereocenters. The van der Waals surface area contributed by atoms with Gasteiger partial charge in [-0.1, -0.05) is 47.5 Å². The Kier molecular flexibility index (Phi) is 9.72. The SMILES string of the molecule is COC(=O)c1c(N(Cc2ccc(OC)cc2)Cc2ccc(OC)cc2)ncn(-c2c(Cl)cc(OC(F)(F)F)cc2Cl)c1=O. The Morgan fingerprint density at radius 2 is 1.35 bits per heavy atom. The Balaban J connectivity index is 1.84. The number of hydrogen-bond acceptors (Lipinski definition) is 8. The minimum atomic E-state index is -5.00. The molecule has 4 aromatic rings. The summed E-state index contributed by atoms with van der Waals surface area (Å²) in [6.07, 6.45) is -3.92. The van der Waals surface area contributed by atoms with Gasteiger partial charge in [0, 0.05) is 25.2 Å². The monoisotopic (exact) mass is 637 g/mol. The van der Waals surface area contributed by atoms with Gasteiger partial charge < -0.3 is 23.8 Å². The molecule has 0 saturated heterocycles. The predicted molar refractivity (Wildman–Crippen MR) is 154 cm³/mol. The van der Waals surface area contributed by atoms with E-state index in [0.717, 1.165) is 41.3 Å². The molecule has 0 unspecified atom stereocenters. The van der Waals surface area contributed by atoms with Crippen molar-refractivity contribution in [3.63, 3.8) is 0 Å². The summed E-state index contributed by atoms with van der Waals surface area (Å²) in [4.78, 5) is 33.0. The number of alkyl halides is 3. The Hall–Kier alpha value is -4.42. The lowest BCUT2D eigenvalue weighted by Crippen LogP contribution is -2.33. The van der Waals surface area contributed by atoms with Crippen LogP contribution in [0.3, 0.4) is 0 Å². The van der Waals surface area contributed by atoms with Crippen molar-refractivity contribution in [1.82, 2.24) is 9.55 Å². The standard InChI is InChI=1S/C29H24Cl2F3N3O6/c1-40-19-8-4-17(5-9-19)14-36(15-18-6-10-20(41-2)11-7-18)26-24(28(39)42-3)27(38)37(16-35-26)25-22(30)12-21(13-23(25)31)43-29(32,33)34/h4-13,16H,14-15H2,1-3H3. The molecule has 14 heteroatoms. The minimum Gasteiger partial charge on any atom is -0.497 e. The van der Waals surface area contributed by atoms with Gasteiger partial charge in [0.05, 0.1) is 37.1 Å². The lowest BCUT2D eigenvalue weighted by atomic mass is 10.1. The van der Waals surface area contributed by atoms with Crippen LogP contribution in [0.1, 0.15) is 21.5 Å². The van der Waals surface area contributed by atoms with Gasteiger partial charge in [0.25, 0.3) is 5.56 Å². The number of nitrogens with zero attached hydrogens (tertiary/aromatic N) is 3. The maximum Gasteiger partial charge on any atom is 0.573 e. The second kappa shape index (κ2) is 13.3. The Labute approximate surface area is 253 Å². The van der Waals surface area contributed by atoms with E-state index in [0.29, 0.717) is 11.5 Å². The van der Waals surface area contributed by atoms with E-state index in [1.54, 1.807) is 43.4 Å². The van der Waals surface area contributed by atoms with Crippen molar-refractivity contribution in [2.75, 3.05) is 26.2 Å². The van der Waals surface area contributed by atoms with Gasteiger partial charge in [-0.05, 0) is 35.4 Å². The zero-order valence-corrected chi connectivity index (χ0v) is 24.5. The second-order valence-corrected chi connectivity index (χ2v) is 9.76. The molecule has 226 valence electrons. The molecule has 4 rings (SSSR count). The van der Waals surface area contributed by atoms with Gasteiger partial charge in [0.2, 0.25) is 0 Å². The van der Waals surface area contributed by atoms with Gasteiger partial charge in [0.1, 0.15) is 23.6 Å². The number of aromatic nitrogens is 2. The smallest absolute Gasteiger partial charge is 0.497 e. The third-order valence-corrected chi connectivity index (χ3v) is 6.75. The van der Waals surface area contributed by atoms with Crippen molar-refractivity contribution in [2.24, 2.45) is 0 Å². The van der Waals surface area contributed by atoms with Crippen LogP contribution in [0.5, 0.6) is 17.2 Å². The first-order chi connectivity index (χ1) is 20.4. The molecule has 3 aromatic carbocycles. The Bertz CT molecular complexity index is 1590. The van der Waals surface area contributed by atoms with E-state index < -0.39 is 29.2 Å². The van der Waals surface area contributed by atoms with E-state index in [4.69, 9.17) is 37.4 Å². The van der Waals surface area contributed by atoms with E-state index in [1.165, 1.54) is 0 Å². The Morgan fingerprint density at radius 1 is 0.860 bits per heavy atom. The molecule has 43 heavy (non-hydrogen) atoms. The first-order valence-corrected chi connectivity index (χ1v) is 13.2.